The van der Waals surface area contributed by atoms with Crippen LogP contribution < -0.4 is 11.2 Å². The zero-order valence-corrected chi connectivity index (χ0v) is 15.3. The molecule has 2 aliphatic rings. The fourth-order valence-electron chi connectivity index (χ4n) is 3.30. The Balaban J connectivity index is 1.95. The molecule has 3 heterocycles. The van der Waals surface area contributed by atoms with Gasteiger partial charge in [0.25, 0.3) is 5.56 Å². The van der Waals surface area contributed by atoms with E-state index in [1.807, 2.05) is 27.7 Å². The van der Waals surface area contributed by atoms with Gasteiger partial charge >= 0.3 is 5.69 Å². The molecule has 1 unspecified atom stereocenters. The molecule has 0 spiro atoms. The Morgan fingerprint density at radius 3 is 2.68 bits per heavy atom. The summed E-state index contributed by atoms with van der Waals surface area (Å²) >= 11 is 0. The average Bonchev–Trinajstić information content (AvgIpc) is 3.00. The molecule has 0 aromatic carbocycles. The highest BCUT2D eigenvalue weighted by atomic mass is 16.7. The molecule has 0 aliphatic carbocycles. The van der Waals surface area contributed by atoms with Crippen molar-refractivity contribution in [2.24, 2.45) is 0 Å². The van der Waals surface area contributed by atoms with Crippen LogP contribution in [0, 0.1) is 6.92 Å². The monoisotopic (exact) mass is 354 g/mol. The molecule has 8 nitrogen and oxygen atoms in total. The largest absolute Gasteiger partial charge is 0.376 e. The number of aromatic amines is 1. The molecule has 2 saturated heterocycles. The van der Waals surface area contributed by atoms with Crippen LogP contribution in [0.1, 0.15) is 39.5 Å². The number of aromatic nitrogens is 2. The van der Waals surface area contributed by atoms with Gasteiger partial charge in [0.2, 0.25) is 0 Å². The van der Waals surface area contributed by atoms with Crippen LogP contribution in [0.4, 0.5) is 0 Å². The van der Waals surface area contributed by atoms with Crippen LogP contribution in [0.3, 0.4) is 0 Å². The molecule has 3 rings (SSSR count). The lowest BCUT2D eigenvalue weighted by Gasteiger charge is -2.32. The van der Waals surface area contributed by atoms with Crippen molar-refractivity contribution in [2.75, 3.05) is 13.2 Å². The van der Waals surface area contributed by atoms with E-state index in [4.69, 9.17) is 18.9 Å². The van der Waals surface area contributed by atoms with Gasteiger partial charge < -0.3 is 18.9 Å². The van der Waals surface area contributed by atoms with E-state index >= 15 is 0 Å². The number of aryl methyl sites for hydroxylation is 1. The SMILES string of the molecule is Cc1cn([C@@H]2O[C@@]3(COC(C)C)CO[C@H]2C3OC(C)C)c(=O)[nH]c1=O. The van der Waals surface area contributed by atoms with E-state index in [0.29, 0.717) is 18.8 Å². The van der Waals surface area contributed by atoms with Crippen LogP contribution in [0.15, 0.2) is 15.8 Å². The molecular formula is C17H26N2O6. The highest BCUT2D eigenvalue weighted by molar-refractivity contribution is 5.10. The standard InChI is InChI=1S/C17H26N2O6/c1-9(2)22-7-17-8-23-12(13(17)24-10(3)4)15(25-17)19-6-11(5)14(20)18-16(19)21/h6,9-10,12-13,15H,7-8H2,1-5H3,(H,18,20,21)/t12-,13?,15+,17-/m0/s1. The molecule has 1 aromatic heterocycles. The van der Waals surface area contributed by atoms with E-state index in [-0.39, 0.29) is 18.3 Å². The van der Waals surface area contributed by atoms with Crippen LogP contribution >= 0.6 is 0 Å². The van der Waals surface area contributed by atoms with Gasteiger partial charge in [-0.2, -0.15) is 0 Å². The van der Waals surface area contributed by atoms with Gasteiger partial charge in [0.15, 0.2) is 6.23 Å². The van der Waals surface area contributed by atoms with Crippen molar-refractivity contribution in [1.82, 2.24) is 9.55 Å². The summed E-state index contributed by atoms with van der Waals surface area (Å²) in [5.41, 5.74) is -1.27. The Morgan fingerprint density at radius 1 is 1.32 bits per heavy atom. The van der Waals surface area contributed by atoms with Crippen LogP contribution in [0.25, 0.3) is 0 Å². The van der Waals surface area contributed by atoms with E-state index in [2.05, 4.69) is 4.98 Å². The third kappa shape index (κ3) is 3.31. The van der Waals surface area contributed by atoms with E-state index < -0.39 is 29.2 Å². The molecule has 0 saturated carbocycles. The lowest BCUT2D eigenvalue weighted by Crippen LogP contribution is -2.47. The maximum absolute atomic E-state index is 12.3. The molecular weight excluding hydrogens is 328 g/mol. The average molecular weight is 354 g/mol. The minimum absolute atomic E-state index is 0.0241. The first-order chi connectivity index (χ1) is 11.7. The van der Waals surface area contributed by atoms with Crippen molar-refractivity contribution in [2.45, 2.75) is 70.9 Å². The first kappa shape index (κ1) is 18.3. The van der Waals surface area contributed by atoms with Gasteiger partial charge in [0, 0.05) is 11.8 Å². The van der Waals surface area contributed by atoms with E-state index in [1.54, 1.807) is 6.92 Å². The number of nitrogens with zero attached hydrogens (tertiary/aromatic N) is 1. The molecule has 2 bridgehead atoms. The molecule has 2 fully saturated rings. The molecule has 2 aliphatic heterocycles. The zero-order valence-electron chi connectivity index (χ0n) is 15.3. The Bertz CT molecular complexity index is 739. The number of hydrogen-bond donors (Lipinski definition) is 1. The smallest absolute Gasteiger partial charge is 0.330 e. The minimum atomic E-state index is -0.770. The van der Waals surface area contributed by atoms with Crippen molar-refractivity contribution < 1.29 is 18.9 Å². The van der Waals surface area contributed by atoms with Crippen LogP contribution in [-0.4, -0.2) is 52.8 Å². The summed E-state index contributed by atoms with van der Waals surface area (Å²) in [6.45, 7) is 10.1. The normalized spacial score (nSPS) is 31.4. The predicted molar refractivity (Wildman–Crippen MR) is 89.7 cm³/mol. The Morgan fingerprint density at radius 2 is 2.04 bits per heavy atom. The van der Waals surface area contributed by atoms with Crippen molar-refractivity contribution >= 4 is 0 Å². The second kappa shape index (κ2) is 6.68. The van der Waals surface area contributed by atoms with Crippen molar-refractivity contribution in [1.29, 1.82) is 0 Å². The topological polar surface area (TPSA) is 91.8 Å². The Hall–Kier alpha value is -1.48. The summed E-state index contributed by atoms with van der Waals surface area (Å²) in [7, 11) is 0. The number of rotatable bonds is 6. The minimum Gasteiger partial charge on any atom is -0.376 e. The van der Waals surface area contributed by atoms with Crippen molar-refractivity contribution in [3.05, 3.63) is 32.6 Å². The Kier molecular flexibility index (Phi) is 4.89. The summed E-state index contributed by atoms with van der Waals surface area (Å²) in [6.07, 6.45) is 0.0463. The molecule has 1 aromatic rings. The molecule has 4 atom stereocenters. The molecule has 25 heavy (non-hydrogen) atoms. The highest BCUT2D eigenvalue weighted by Gasteiger charge is 2.63. The number of hydrogen-bond acceptors (Lipinski definition) is 6. The van der Waals surface area contributed by atoms with Crippen molar-refractivity contribution in [3.8, 4) is 0 Å². The van der Waals surface area contributed by atoms with Gasteiger partial charge in [-0.3, -0.25) is 14.3 Å². The summed E-state index contributed by atoms with van der Waals surface area (Å²) < 4.78 is 25.4. The highest BCUT2D eigenvalue weighted by Crippen LogP contribution is 2.46. The first-order valence-corrected chi connectivity index (χ1v) is 8.62. The molecule has 8 heteroatoms. The lowest BCUT2D eigenvalue weighted by atomic mass is 9.99. The quantitative estimate of drug-likeness (QED) is 0.810. The maximum atomic E-state index is 12.3. The third-order valence-electron chi connectivity index (χ3n) is 4.47. The fourth-order valence-corrected chi connectivity index (χ4v) is 3.30. The van der Waals surface area contributed by atoms with Gasteiger partial charge in [-0.15, -0.1) is 0 Å². The molecule has 0 amide bonds. The van der Waals surface area contributed by atoms with E-state index in [0.717, 1.165) is 0 Å². The van der Waals surface area contributed by atoms with E-state index in [9.17, 15) is 9.59 Å². The molecule has 140 valence electrons. The summed E-state index contributed by atoms with van der Waals surface area (Å²) in [5, 5.41) is 0. The summed E-state index contributed by atoms with van der Waals surface area (Å²) in [5.74, 6) is 0. The fraction of sp³-hybridized carbons (Fsp3) is 0.765. The zero-order chi connectivity index (χ0) is 18.4. The van der Waals surface area contributed by atoms with Crippen LogP contribution in [-0.2, 0) is 18.9 Å². The van der Waals surface area contributed by atoms with Gasteiger partial charge in [-0.05, 0) is 34.6 Å². The van der Waals surface area contributed by atoms with Crippen LogP contribution in [0.2, 0.25) is 0 Å². The van der Waals surface area contributed by atoms with Gasteiger partial charge in [-0.25, -0.2) is 4.79 Å². The molecule has 1 N–H and O–H groups in total. The number of ether oxygens (including phenoxy) is 4. The molecule has 0 radical (unpaired) electrons. The summed E-state index contributed by atoms with van der Waals surface area (Å²) in [6, 6.07) is 0. The number of H-pyrrole nitrogens is 1. The number of fused-ring (bicyclic) bond motifs is 2. The van der Waals surface area contributed by atoms with Gasteiger partial charge in [0.1, 0.15) is 17.8 Å². The maximum Gasteiger partial charge on any atom is 0.330 e. The Labute approximate surface area is 146 Å². The lowest BCUT2D eigenvalue weighted by molar-refractivity contribution is -0.200. The van der Waals surface area contributed by atoms with Gasteiger partial charge in [-0.1, -0.05) is 0 Å². The van der Waals surface area contributed by atoms with E-state index in [1.165, 1.54) is 10.8 Å². The number of nitrogens with one attached hydrogen (secondary N) is 1. The van der Waals surface area contributed by atoms with Crippen LogP contribution in [0.5, 0.6) is 0 Å². The second-order valence-electron chi connectivity index (χ2n) is 7.29. The predicted octanol–water partition coefficient (Wildman–Crippen LogP) is 0.730. The summed E-state index contributed by atoms with van der Waals surface area (Å²) in [4.78, 5) is 26.2. The van der Waals surface area contributed by atoms with Crippen molar-refractivity contribution in [3.63, 3.8) is 0 Å². The third-order valence-corrected chi connectivity index (χ3v) is 4.47. The first-order valence-electron chi connectivity index (χ1n) is 8.62. The van der Waals surface area contributed by atoms with Gasteiger partial charge in [0.05, 0.1) is 25.4 Å². The second-order valence-corrected chi connectivity index (χ2v) is 7.29.